The molecule has 1 aromatic rings. The Hall–Kier alpha value is -1.36. The summed E-state index contributed by atoms with van der Waals surface area (Å²) in [6, 6.07) is -0.104. The average Bonchev–Trinajstić information content (AvgIpc) is 2.49. The maximum atomic E-state index is 11.7. The number of aryl methyl sites for hydroxylation is 2. The van der Waals surface area contributed by atoms with Crippen molar-refractivity contribution in [3.8, 4) is 0 Å². The van der Waals surface area contributed by atoms with Gasteiger partial charge in [-0.25, -0.2) is 0 Å². The zero-order valence-electron chi connectivity index (χ0n) is 10.3. The van der Waals surface area contributed by atoms with Gasteiger partial charge in [0.2, 0.25) is 5.91 Å². The predicted molar refractivity (Wildman–Crippen MR) is 64.1 cm³/mol. The Kier molecular flexibility index (Phi) is 4.06. The topological polar surface area (TPSA) is 83.8 Å². The lowest BCUT2D eigenvalue weighted by Gasteiger charge is -2.15. The monoisotopic (exact) mass is 224 g/mol. The molecule has 5 nitrogen and oxygen atoms in total. The van der Waals surface area contributed by atoms with Crippen molar-refractivity contribution in [2.75, 3.05) is 5.32 Å². The molecule has 0 saturated carbocycles. The Bertz CT molecular complexity index is 351. The first-order valence-corrected chi connectivity index (χ1v) is 5.48. The lowest BCUT2D eigenvalue weighted by molar-refractivity contribution is -0.116. The summed E-state index contributed by atoms with van der Waals surface area (Å²) in [5.41, 5.74) is 8.26. The number of nitrogens with two attached hydrogens (primary N) is 1. The van der Waals surface area contributed by atoms with Gasteiger partial charge in [-0.3, -0.25) is 9.89 Å². The van der Waals surface area contributed by atoms with Gasteiger partial charge in [0.1, 0.15) is 0 Å². The molecule has 16 heavy (non-hydrogen) atoms. The molecule has 0 aliphatic rings. The number of H-pyrrole nitrogens is 1. The SMILES string of the molecule is Cc1n[nH]c(C)c1NC(=O)CC(N)C(C)C. The van der Waals surface area contributed by atoms with Gasteiger partial charge in [-0.2, -0.15) is 5.10 Å². The van der Waals surface area contributed by atoms with Crippen molar-refractivity contribution in [2.45, 2.75) is 40.2 Å². The second-order valence-electron chi connectivity index (χ2n) is 4.47. The van der Waals surface area contributed by atoms with Crippen molar-refractivity contribution in [1.82, 2.24) is 10.2 Å². The molecule has 1 heterocycles. The minimum atomic E-state index is -0.104. The third kappa shape index (κ3) is 3.06. The summed E-state index contributed by atoms with van der Waals surface area (Å²) in [4.78, 5) is 11.7. The summed E-state index contributed by atoms with van der Waals surface area (Å²) >= 11 is 0. The van der Waals surface area contributed by atoms with E-state index in [4.69, 9.17) is 5.73 Å². The molecule has 0 aliphatic heterocycles. The van der Waals surface area contributed by atoms with Gasteiger partial charge in [0.15, 0.2) is 0 Å². The largest absolute Gasteiger partial charge is 0.327 e. The highest BCUT2D eigenvalue weighted by Crippen LogP contribution is 2.16. The van der Waals surface area contributed by atoms with Crippen molar-refractivity contribution in [2.24, 2.45) is 11.7 Å². The Balaban J connectivity index is 2.59. The maximum absolute atomic E-state index is 11.7. The minimum Gasteiger partial charge on any atom is -0.327 e. The molecule has 0 aliphatic carbocycles. The summed E-state index contributed by atoms with van der Waals surface area (Å²) in [5, 5.41) is 9.67. The molecule has 0 spiro atoms. The molecule has 5 heteroatoms. The standard InChI is InChI=1S/C11H20N4O/c1-6(2)9(12)5-10(16)13-11-7(3)14-15-8(11)4/h6,9H,5,12H2,1-4H3,(H,13,16)(H,14,15). The van der Waals surface area contributed by atoms with Gasteiger partial charge in [0, 0.05) is 12.5 Å². The Morgan fingerprint density at radius 2 is 2.12 bits per heavy atom. The van der Waals surface area contributed by atoms with E-state index in [1.165, 1.54) is 0 Å². The van der Waals surface area contributed by atoms with Crippen LogP contribution < -0.4 is 11.1 Å². The van der Waals surface area contributed by atoms with E-state index in [2.05, 4.69) is 15.5 Å². The van der Waals surface area contributed by atoms with Crippen molar-refractivity contribution in [3.05, 3.63) is 11.4 Å². The maximum Gasteiger partial charge on any atom is 0.226 e. The predicted octanol–water partition coefficient (Wildman–Crippen LogP) is 1.34. The van der Waals surface area contributed by atoms with Crippen LogP contribution in [0.5, 0.6) is 0 Å². The molecule has 90 valence electrons. The Morgan fingerprint density at radius 1 is 1.50 bits per heavy atom. The van der Waals surface area contributed by atoms with E-state index in [-0.39, 0.29) is 11.9 Å². The molecular weight excluding hydrogens is 204 g/mol. The van der Waals surface area contributed by atoms with E-state index in [1.54, 1.807) is 0 Å². The molecule has 1 aromatic heterocycles. The minimum absolute atomic E-state index is 0.0613. The van der Waals surface area contributed by atoms with Crippen LogP contribution in [0.25, 0.3) is 0 Å². The van der Waals surface area contributed by atoms with Crippen molar-refractivity contribution >= 4 is 11.6 Å². The molecule has 0 radical (unpaired) electrons. The van der Waals surface area contributed by atoms with Crippen molar-refractivity contribution < 1.29 is 4.79 Å². The lowest BCUT2D eigenvalue weighted by Crippen LogP contribution is -2.31. The van der Waals surface area contributed by atoms with Gasteiger partial charge in [0.25, 0.3) is 0 Å². The zero-order valence-corrected chi connectivity index (χ0v) is 10.3. The number of aromatic nitrogens is 2. The summed E-state index contributed by atoms with van der Waals surface area (Å²) in [6.45, 7) is 7.73. The van der Waals surface area contributed by atoms with Crippen molar-refractivity contribution in [1.29, 1.82) is 0 Å². The summed E-state index contributed by atoms with van der Waals surface area (Å²) < 4.78 is 0. The highest BCUT2D eigenvalue weighted by molar-refractivity contribution is 5.92. The van der Waals surface area contributed by atoms with E-state index in [1.807, 2.05) is 27.7 Å². The molecule has 1 atom stereocenters. The molecule has 1 unspecified atom stereocenters. The van der Waals surface area contributed by atoms with E-state index in [0.29, 0.717) is 12.3 Å². The first-order valence-electron chi connectivity index (χ1n) is 5.48. The first-order chi connectivity index (χ1) is 7.41. The van der Waals surface area contributed by atoms with Crippen LogP contribution in [0.15, 0.2) is 0 Å². The summed E-state index contributed by atoms with van der Waals surface area (Å²) in [5.74, 6) is 0.242. The van der Waals surface area contributed by atoms with Crippen molar-refractivity contribution in [3.63, 3.8) is 0 Å². The lowest BCUT2D eigenvalue weighted by atomic mass is 10.0. The molecule has 1 rings (SSSR count). The molecule has 4 N–H and O–H groups in total. The molecular formula is C11H20N4O. The number of nitrogens with zero attached hydrogens (tertiary/aromatic N) is 1. The number of aromatic amines is 1. The normalized spacial score (nSPS) is 12.9. The number of carbonyl (C=O) groups is 1. The average molecular weight is 224 g/mol. The third-order valence-electron chi connectivity index (χ3n) is 2.67. The zero-order chi connectivity index (χ0) is 12.3. The quantitative estimate of drug-likeness (QED) is 0.721. The van der Waals surface area contributed by atoms with Gasteiger partial charge in [-0.1, -0.05) is 13.8 Å². The van der Waals surface area contributed by atoms with Crippen LogP contribution in [-0.4, -0.2) is 22.1 Å². The number of nitrogens with one attached hydrogen (secondary N) is 2. The van der Waals surface area contributed by atoms with Crippen LogP contribution in [0, 0.1) is 19.8 Å². The second kappa shape index (κ2) is 5.12. The van der Waals surface area contributed by atoms with Crippen LogP contribution in [0.3, 0.4) is 0 Å². The van der Waals surface area contributed by atoms with Crippen LogP contribution in [-0.2, 0) is 4.79 Å². The fraction of sp³-hybridized carbons (Fsp3) is 0.636. The highest BCUT2D eigenvalue weighted by Gasteiger charge is 2.15. The smallest absolute Gasteiger partial charge is 0.226 e. The third-order valence-corrected chi connectivity index (χ3v) is 2.67. The highest BCUT2D eigenvalue weighted by atomic mass is 16.1. The number of rotatable bonds is 4. The molecule has 0 bridgehead atoms. The fourth-order valence-corrected chi connectivity index (χ4v) is 1.38. The van der Waals surface area contributed by atoms with Gasteiger partial charge >= 0.3 is 0 Å². The Labute approximate surface area is 95.8 Å². The second-order valence-corrected chi connectivity index (χ2v) is 4.47. The fourth-order valence-electron chi connectivity index (χ4n) is 1.38. The molecule has 1 amide bonds. The van der Waals surface area contributed by atoms with Gasteiger partial charge < -0.3 is 11.1 Å². The van der Waals surface area contributed by atoms with Crippen LogP contribution >= 0.6 is 0 Å². The van der Waals surface area contributed by atoms with E-state index < -0.39 is 0 Å². The van der Waals surface area contributed by atoms with E-state index in [0.717, 1.165) is 17.1 Å². The van der Waals surface area contributed by atoms with Crippen LogP contribution in [0.1, 0.15) is 31.7 Å². The summed E-state index contributed by atoms with van der Waals surface area (Å²) in [6.07, 6.45) is 0.335. The Morgan fingerprint density at radius 3 is 2.56 bits per heavy atom. The van der Waals surface area contributed by atoms with Gasteiger partial charge in [-0.05, 0) is 19.8 Å². The molecule has 0 aromatic carbocycles. The van der Waals surface area contributed by atoms with Crippen LogP contribution in [0.2, 0.25) is 0 Å². The van der Waals surface area contributed by atoms with E-state index >= 15 is 0 Å². The van der Waals surface area contributed by atoms with Crippen LogP contribution in [0.4, 0.5) is 5.69 Å². The number of amides is 1. The number of carbonyl (C=O) groups excluding carboxylic acids is 1. The molecule has 0 saturated heterocycles. The number of anilines is 1. The summed E-state index contributed by atoms with van der Waals surface area (Å²) in [7, 11) is 0. The molecule has 0 fully saturated rings. The van der Waals surface area contributed by atoms with E-state index in [9.17, 15) is 4.79 Å². The number of hydrogen-bond acceptors (Lipinski definition) is 3. The van der Waals surface area contributed by atoms with Gasteiger partial charge in [-0.15, -0.1) is 0 Å². The first kappa shape index (κ1) is 12.7. The number of hydrogen-bond donors (Lipinski definition) is 3. The van der Waals surface area contributed by atoms with Gasteiger partial charge in [0.05, 0.1) is 17.1 Å².